The van der Waals surface area contributed by atoms with Crippen molar-refractivity contribution in [1.29, 1.82) is 0 Å². The van der Waals surface area contributed by atoms with Gasteiger partial charge in [-0.15, -0.1) is 0 Å². The third kappa shape index (κ3) is 2.15. The van der Waals surface area contributed by atoms with Crippen LogP contribution in [0.5, 0.6) is 11.5 Å². The van der Waals surface area contributed by atoms with Crippen molar-refractivity contribution >= 4 is 5.78 Å². The van der Waals surface area contributed by atoms with Crippen LogP contribution in [-0.4, -0.2) is 19.0 Å². The maximum absolute atomic E-state index is 13.9. The summed E-state index contributed by atoms with van der Waals surface area (Å²) in [6.45, 7) is 2.40. The summed E-state index contributed by atoms with van der Waals surface area (Å²) in [6, 6.07) is 3.23. The number of hydrogen-bond acceptors (Lipinski definition) is 3. The molecule has 0 radical (unpaired) electrons. The highest BCUT2D eigenvalue weighted by Gasteiger charge is 2.18. The number of ether oxygens (including phenoxy) is 2. The molecule has 0 spiro atoms. The Bertz CT molecular complexity index is 415. The number of benzene rings is 1. The molecule has 0 amide bonds. The molecular weight excluding hydrogens is 211 g/mol. The maximum Gasteiger partial charge on any atom is 0.197 e. The highest BCUT2D eigenvalue weighted by molar-refractivity contribution is 5.78. The van der Waals surface area contributed by atoms with Gasteiger partial charge in [-0.1, -0.05) is 6.07 Å². The van der Waals surface area contributed by atoms with Gasteiger partial charge in [0.1, 0.15) is 5.78 Å². The largest absolute Gasteiger partial charge is 0.489 e. The van der Waals surface area contributed by atoms with Crippen LogP contribution >= 0.6 is 0 Å². The molecule has 0 aromatic heterocycles. The van der Waals surface area contributed by atoms with E-state index in [4.69, 9.17) is 9.47 Å². The second-order valence-electron chi connectivity index (χ2n) is 3.80. The Morgan fingerprint density at radius 1 is 1.38 bits per heavy atom. The standard InChI is InChI=1S/C12H13FO3/c1-8(14)7-9-3-4-10-12(11(9)13)16-6-2-5-15-10/h3-4H,2,5-7H2,1H3. The van der Waals surface area contributed by atoms with Crippen molar-refractivity contribution < 1.29 is 18.7 Å². The lowest BCUT2D eigenvalue weighted by Crippen LogP contribution is -2.03. The number of carbonyl (C=O) groups excluding carboxylic acids is 1. The monoisotopic (exact) mass is 224 g/mol. The van der Waals surface area contributed by atoms with Crippen LogP contribution in [0.15, 0.2) is 12.1 Å². The Kier molecular flexibility index (Phi) is 3.08. The van der Waals surface area contributed by atoms with Gasteiger partial charge in [0.25, 0.3) is 0 Å². The molecule has 1 aromatic carbocycles. The normalized spacial score (nSPS) is 14.4. The second kappa shape index (κ2) is 4.51. The van der Waals surface area contributed by atoms with Gasteiger partial charge in [-0.05, 0) is 18.6 Å². The van der Waals surface area contributed by atoms with E-state index in [-0.39, 0.29) is 18.0 Å². The molecule has 0 saturated heterocycles. The molecule has 1 aliphatic rings. The van der Waals surface area contributed by atoms with E-state index >= 15 is 0 Å². The maximum atomic E-state index is 13.9. The van der Waals surface area contributed by atoms with Crippen molar-refractivity contribution in [3.8, 4) is 11.5 Å². The fourth-order valence-corrected chi connectivity index (χ4v) is 1.65. The van der Waals surface area contributed by atoms with Crippen LogP contribution in [0, 0.1) is 5.82 Å². The first-order valence-electron chi connectivity index (χ1n) is 5.25. The van der Waals surface area contributed by atoms with E-state index in [1.165, 1.54) is 6.92 Å². The lowest BCUT2D eigenvalue weighted by molar-refractivity contribution is -0.116. The highest BCUT2D eigenvalue weighted by atomic mass is 19.1. The Morgan fingerprint density at radius 3 is 2.88 bits per heavy atom. The molecule has 1 aromatic rings. The fraction of sp³-hybridized carbons (Fsp3) is 0.417. The zero-order valence-electron chi connectivity index (χ0n) is 9.09. The lowest BCUT2D eigenvalue weighted by Gasteiger charge is -2.10. The van der Waals surface area contributed by atoms with Gasteiger partial charge in [0, 0.05) is 12.8 Å². The topological polar surface area (TPSA) is 35.5 Å². The summed E-state index contributed by atoms with van der Waals surface area (Å²) in [4.78, 5) is 11.0. The Balaban J connectivity index is 2.37. The predicted molar refractivity (Wildman–Crippen MR) is 56.4 cm³/mol. The molecule has 0 N–H and O–H groups in total. The Morgan fingerprint density at radius 2 is 2.12 bits per heavy atom. The van der Waals surface area contributed by atoms with Gasteiger partial charge in [0.2, 0.25) is 0 Å². The molecule has 0 saturated carbocycles. The number of Topliss-reactive ketones (excluding diaryl/α,β-unsaturated/α-hetero) is 1. The molecule has 2 rings (SSSR count). The highest BCUT2D eigenvalue weighted by Crippen LogP contribution is 2.34. The zero-order valence-corrected chi connectivity index (χ0v) is 9.09. The minimum absolute atomic E-state index is 0.0756. The van der Waals surface area contributed by atoms with Gasteiger partial charge in [-0.3, -0.25) is 4.79 Å². The van der Waals surface area contributed by atoms with Crippen molar-refractivity contribution in [3.05, 3.63) is 23.5 Å². The van der Waals surface area contributed by atoms with Gasteiger partial charge < -0.3 is 9.47 Å². The summed E-state index contributed by atoms with van der Waals surface area (Å²) in [5, 5.41) is 0. The van der Waals surface area contributed by atoms with Crippen LogP contribution in [0.25, 0.3) is 0 Å². The van der Waals surface area contributed by atoms with Crippen LogP contribution in [0.3, 0.4) is 0 Å². The molecule has 1 heterocycles. The molecule has 0 unspecified atom stereocenters. The minimum Gasteiger partial charge on any atom is -0.489 e. The third-order valence-electron chi connectivity index (χ3n) is 2.37. The van der Waals surface area contributed by atoms with Gasteiger partial charge in [-0.2, -0.15) is 0 Å². The van der Waals surface area contributed by atoms with Crippen LogP contribution in [0.1, 0.15) is 18.9 Å². The number of halogens is 1. The molecule has 0 fully saturated rings. The van der Waals surface area contributed by atoms with Crippen LogP contribution < -0.4 is 9.47 Å². The van der Waals surface area contributed by atoms with E-state index in [2.05, 4.69) is 0 Å². The minimum atomic E-state index is -0.477. The number of carbonyl (C=O) groups is 1. The zero-order chi connectivity index (χ0) is 11.5. The smallest absolute Gasteiger partial charge is 0.197 e. The predicted octanol–water partition coefficient (Wildman–Crippen LogP) is 2.12. The fourth-order valence-electron chi connectivity index (χ4n) is 1.65. The molecule has 4 heteroatoms. The summed E-state index contributed by atoms with van der Waals surface area (Å²) in [5.74, 6) is 0.00143. The van der Waals surface area contributed by atoms with Gasteiger partial charge in [0.15, 0.2) is 17.3 Å². The lowest BCUT2D eigenvalue weighted by atomic mass is 10.1. The summed E-state index contributed by atoms with van der Waals surface area (Å²) < 4.78 is 24.6. The van der Waals surface area contributed by atoms with Gasteiger partial charge in [-0.25, -0.2) is 4.39 Å². The third-order valence-corrected chi connectivity index (χ3v) is 2.37. The van der Waals surface area contributed by atoms with E-state index in [1.54, 1.807) is 12.1 Å². The van der Waals surface area contributed by atoms with Crippen molar-refractivity contribution in [1.82, 2.24) is 0 Å². The van der Waals surface area contributed by atoms with E-state index in [9.17, 15) is 9.18 Å². The number of rotatable bonds is 2. The van der Waals surface area contributed by atoms with Crippen molar-refractivity contribution in [2.45, 2.75) is 19.8 Å². The van der Waals surface area contributed by atoms with E-state index in [0.29, 0.717) is 24.5 Å². The van der Waals surface area contributed by atoms with Crippen molar-refractivity contribution in [2.75, 3.05) is 13.2 Å². The molecular formula is C12H13FO3. The second-order valence-corrected chi connectivity index (χ2v) is 3.80. The van der Waals surface area contributed by atoms with E-state index in [0.717, 1.165) is 6.42 Å². The number of ketones is 1. The number of fused-ring (bicyclic) bond motifs is 1. The first kappa shape index (κ1) is 10.9. The quantitative estimate of drug-likeness (QED) is 0.771. The molecule has 1 aliphatic heterocycles. The SMILES string of the molecule is CC(=O)Cc1ccc2c(c1F)OCCCO2. The van der Waals surface area contributed by atoms with Crippen LogP contribution in [0.2, 0.25) is 0 Å². The Hall–Kier alpha value is -1.58. The van der Waals surface area contributed by atoms with E-state index in [1.807, 2.05) is 0 Å². The Labute approximate surface area is 93.2 Å². The molecule has 86 valence electrons. The molecule has 0 atom stereocenters. The molecule has 0 bridgehead atoms. The first-order chi connectivity index (χ1) is 7.68. The summed E-state index contributed by atoms with van der Waals surface area (Å²) in [7, 11) is 0. The van der Waals surface area contributed by atoms with Crippen molar-refractivity contribution in [3.63, 3.8) is 0 Å². The molecule has 16 heavy (non-hydrogen) atoms. The summed E-state index contributed by atoms with van der Waals surface area (Å²) in [5.41, 5.74) is 0.358. The summed E-state index contributed by atoms with van der Waals surface area (Å²) in [6.07, 6.45) is 0.818. The molecule has 0 aliphatic carbocycles. The van der Waals surface area contributed by atoms with Crippen LogP contribution in [-0.2, 0) is 11.2 Å². The van der Waals surface area contributed by atoms with Crippen LogP contribution in [0.4, 0.5) is 4.39 Å². The van der Waals surface area contributed by atoms with Gasteiger partial charge >= 0.3 is 0 Å². The summed E-state index contributed by atoms with van der Waals surface area (Å²) >= 11 is 0. The van der Waals surface area contributed by atoms with Crippen molar-refractivity contribution in [2.24, 2.45) is 0 Å². The van der Waals surface area contributed by atoms with Gasteiger partial charge in [0.05, 0.1) is 13.2 Å². The number of hydrogen-bond donors (Lipinski definition) is 0. The average Bonchev–Trinajstić information content (AvgIpc) is 2.47. The average molecular weight is 224 g/mol. The molecule has 3 nitrogen and oxygen atoms in total. The first-order valence-corrected chi connectivity index (χ1v) is 5.25. The van der Waals surface area contributed by atoms with E-state index < -0.39 is 5.82 Å².